The zero-order valence-electron chi connectivity index (χ0n) is 12.6. The van der Waals surface area contributed by atoms with Crippen LogP contribution in [0.1, 0.15) is 10.6 Å². The summed E-state index contributed by atoms with van der Waals surface area (Å²) in [5, 5.41) is 18.7. The topological polar surface area (TPSA) is 122 Å². The van der Waals surface area contributed by atoms with Crippen molar-refractivity contribution in [2.45, 2.75) is 0 Å². The molecule has 1 aliphatic heterocycles. The van der Waals surface area contributed by atoms with Crippen LogP contribution >= 0.6 is 0 Å². The van der Waals surface area contributed by atoms with Gasteiger partial charge in [-0.05, 0) is 12.1 Å². The van der Waals surface area contributed by atoms with Gasteiger partial charge in [-0.15, -0.1) is 10.2 Å². The first-order valence-corrected chi connectivity index (χ1v) is 7.39. The van der Waals surface area contributed by atoms with Gasteiger partial charge in [-0.3, -0.25) is 9.89 Å². The van der Waals surface area contributed by atoms with Crippen molar-refractivity contribution in [1.82, 2.24) is 45.0 Å². The largest absolute Gasteiger partial charge is 0.352 e. The van der Waals surface area contributed by atoms with E-state index in [1.54, 1.807) is 15.9 Å². The standard InChI is InChI=1S/C13H14N10O/c24-13(12-15-8-16-20-12)22-5-3-21(4-6-22)10-1-2-11(19-18-10)23-9-14-7-17-23/h1-2,7-9H,3-6H2,(H,15,16,20). The quantitative estimate of drug-likeness (QED) is 0.659. The Morgan fingerprint density at radius 1 is 1.04 bits per heavy atom. The molecule has 4 heterocycles. The van der Waals surface area contributed by atoms with E-state index in [4.69, 9.17) is 0 Å². The van der Waals surface area contributed by atoms with E-state index in [0.29, 0.717) is 32.0 Å². The van der Waals surface area contributed by atoms with E-state index in [-0.39, 0.29) is 11.7 Å². The molecule has 1 N–H and O–H groups in total. The van der Waals surface area contributed by atoms with E-state index in [1.165, 1.54) is 12.7 Å². The Balaban J connectivity index is 1.40. The number of hydrogen-bond donors (Lipinski definition) is 1. The van der Waals surface area contributed by atoms with Gasteiger partial charge in [0.15, 0.2) is 11.6 Å². The minimum Gasteiger partial charge on any atom is -0.352 e. The number of H-pyrrole nitrogens is 1. The Bertz CT molecular complexity index is 790. The number of amides is 1. The van der Waals surface area contributed by atoms with E-state index < -0.39 is 0 Å². The maximum Gasteiger partial charge on any atom is 0.291 e. The second-order valence-electron chi connectivity index (χ2n) is 5.20. The molecule has 11 heteroatoms. The van der Waals surface area contributed by atoms with Crippen molar-refractivity contribution in [2.24, 2.45) is 0 Å². The van der Waals surface area contributed by atoms with E-state index in [0.717, 1.165) is 5.82 Å². The fourth-order valence-corrected chi connectivity index (χ4v) is 2.53. The molecule has 1 aliphatic rings. The average Bonchev–Trinajstić information content (AvgIpc) is 3.35. The molecule has 1 fully saturated rings. The molecule has 1 saturated heterocycles. The Kier molecular flexibility index (Phi) is 3.57. The van der Waals surface area contributed by atoms with Crippen molar-refractivity contribution < 1.29 is 4.79 Å². The van der Waals surface area contributed by atoms with Crippen molar-refractivity contribution in [2.75, 3.05) is 31.1 Å². The van der Waals surface area contributed by atoms with Gasteiger partial charge in [-0.2, -0.15) is 10.2 Å². The Morgan fingerprint density at radius 3 is 2.46 bits per heavy atom. The summed E-state index contributed by atoms with van der Waals surface area (Å²) in [5.41, 5.74) is 0. The number of anilines is 1. The highest BCUT2D eigenvalue weighted by atomic mass is 16.2. The Hall–Kier alpha value is -3.37. The average molecular weight is 326 g/mol. The summed E-state index contributed by atoms with van der Waals surface area (Å²) in [5.74, 6) is 1.50. The summed E-state index contributed by atoms with van der Waals surface area (Å²) in [4.78, 5) is 23.8. The highest BCUT2D eigenvalue weighted by Crippen LogP contribution is 2.14. The molecule has 122 valence electrons. The van der Waals surface area contributed by atoms with Crippen molar-refractivity contribution in [3.8, 4) is 5.82 Å². The number of aromatic nitrogens is 8. The smallest absolute Gasteiger partial charge is 0.291 e. The monoisotopic (exact) mass is 326 g/mol. The molecular weight excluding hydrogens is 312 g/mol. The van der Waals surface area contributed by atoms with Crippen molar-refractivity contribution in [1.29, 1.82) is 0 Å². The molecule has 1 amide bonds. The fourth-order valence-electron chi connectivity index (χ4n) is 2.53. The van der Waals surface area contributed by atoms with Crippen LogP contribution in [0.4, 0.5) is 5.82 Å². The summed E-state index contributed by atoms with van der Waals surface area (Å²) >= 11 is 0. The maximum absolute atomic E-state index is 12.2. The van der Waals surface area contributed by atoms with Crippen LogP contribution in [-0.4, -0.2) is 77.1 Å². The molecule has 0 aliphatic carbocycles. The third-order valence-electron chi connectivity index (χ3n) is 3.80. The molecule has 11 nitrogen and oxygen atoms in total. The van der Waals surface area contributed by atoms with E-state index in [9.17, 15) is 4.79 Å². The summed E-state index contributed by atoms with van der Waals surface area (Å²) in [7, 11) is 0. The maximum atomic E-state index is 12.2. The number of nitrogens with one attached hydrogen (secondary N) is 1. The van der Waals surface area contributed by atoms with Crippen LogP contribution in [0.25, 0.3) is 5.82 Å². The highest BCUT2D eigenvalue weighted by Gasteiger charge is 2.24. The molecule has 0 unspecified atom stereocenters. The van der Waals surface area contributed by atoms with Gasteiger partial charge in [0.05, 0.1) is 0 Å². The van der Waals surface area contributed by atoms with Crippen LogP contribution in [0.5, 0.6) is 0 Å². The Morgan fingerprint density at radius 2 is 1.83 bits per heavy atom. The van der Waals surface area contributed by atoms with Gasteiger partial charge in [0.1, 0.15) is 19.0 Å². The number of rotatable bonds is 3. The van der Waals surface area contributed by atoms with Crippen LogP contribution in [-0.2, 0) is 0 Å². The van der Waals surface area contributed by atoms with E-state index in [1.807, 2.05) is 12.1 Å². The van der Waals surface area contributed by atoms with Crippen LogP contribution < -0.4 is 4.90 Å². The Labute approximate surface area is 136 Å². The van der Waals surface area contributed by atoms with Crippen LogP contribution in [0.2, 0.25) is 0 Å². The van der Waals surface area contributed by atoms with E-state index in [2.05, 4.69) is 40.4 Å². The number of carbonyl (C=O) groups is 1. The minimum absolute atomic E-state index is 0.139. The number of hydrogen-bond acceptors (Lipinski definition) is 8. The van der Waals surface area contributed by atoms with Gasteiger partial charge in [0, 0.05) is 26.2 Å². The molecule has 24 heavy (non-hydrogen) atoms. The van der Waals surface area contributed by atoms with Gasteiger partial charge in [-0.25, -0.2) is 14.6 Å². The van der Waals surface area contributed by atoms with Gasteiger partial charge in [-0.1, -0.05) is 0 Å². The van der Waals surface area contributed by atoms with Crippen LogP contribution in [0.3, 0.4) is 0 Å². The number of nitrogens with zero attached hydrogens (tertiary/aromatic N) is 9. The fraction of sp³-hybridized carbons (Fsp3) is 0.308. The summed E-state index contributed by atoms with van der Waals surface area (Å²) in [6.45, 7) is 2.53. The molecule has 3 aromatic rings. The number of carbonyl (C=O) groups excluding carboxylic acids is 1. The lowest BCUT2D eigenvalue weighted by atomic mass is 10.3. The highest BCUT2D eigenvalue weighted by molar-refractivity contribution is 5.90. The molecule has 4 rings (SSSR count). The molecule has 0 saturated carbocycles. The van der Waals surface area contributed by atoms with Crippen molar-refractivity contribution in [3.63, 3.8) is 0 Å². The molecule has 0 aromatic carbocycles. The molecule has 0 atom stereocenters. The first-order chi connectivity index (χ1) is 11.8. The predicted molar refractivity (Wildman–Crippen MR) is 81.4 cm³/mol. The van der Waals surface area contributed by atoms with E-state index >= 15 is 0 Å². The second-order valence-corrected chi connectivity index (χ2v) is 5.20. The zero-order valence-corrected chi connectivity index (χ0v) is 12.6. The third-order valence-corrected chi connectivity index (χ3v) is 3.80. The number of aromatic amines is 1. The second kappa shape index (κ2) is 6.02. The number of piperazine rings is 1. The molecular formula is C13H14N10O. The first-order valence-electron chi connectivity index (χ1n) is 7.39. The van der Waals surface area contributed by atoms with Crippen molar-refractivity contribution in [3.05, 3.63) is 36.9 Å². The molecule has 0 bridgehead atoms. The van der Waals surface area contributed by atoms with Crippen LogP contribution in [0.15, 0.2) is 31.1 Å². The normalized spacial score (nSPS) is 14.8. The van der Waals surface area contributed by atoms with Crippen LogP contribution in [0, 0.1) is 0 Å². The minimum atomic E-state index is -0.139. The van der Waals surface area contributed by atoms with Gasteiger partial charge >= 0.3 is 0 Å². The first kappa shape index (κ1) is 14.2. The molecule has 0 spiro atoms. The lowest BCUT2D eigenvalue weighted by Crippen LogP contribution is -2.49. The third kappa shape index (κ3) is 2.66. The summed E-state index contributed by atoms with van der Waals surface area (Å²) < 4.78 is 1.55. The summed E-state index contributed by atoms with van der Waals surface area (Å²) in [6, 6.07) is 3.72. The lowest BCUT2D eigenvalue weighted by Gasteiger charge is -2.34. The molecule has 3 aromatic heterocycles. The zero-order chi connectivity index (χ0) is 16.4. The van der Waals surface area contributed by atoms with Gasteiger partial charge in [0.25, 0.3) is 5.91 Å². The lowest BCUT2D eigenvalue weighted by molar-refractivity contribution is 0.0734. The molecule has 0 radical (unpaired) electrons. The van der Waals surface area contributed by atoms with Crippen molar-refractivity contribution >= 4 is 11.7 Å². The van der Waals surface area contributed by atoms with Gasteiger partial charge in [0.2, 0.25) is 5.82 Å². The predicted octanol–water partition coefficient (Wildman–Crippen LogP) is -0.862. The SMILES string of the molecule is O=C(c1ncn[nH]1)N1CCN(c2ccc(-n3cncn3)nn2)CC1. The summed E-state index contributed by atoms with van der Waals surface area (Å²) in [6.07, 6.45) is 4.34. The van der Waals surface area contributed by atoms with Gasteiger partial charge < -0.3 is 9.80 Å².